The lowest BCUT2D eigenvalue weighted by Gasteiger charge is -2.12. The first-order chi connectivity index (χ1) is 6.62. The Morgan fingerprint density at radius 1 is 1.25 bits per heavy atom. The van der Waals surface area contributed by atoms with E-state index in [1.54, 1.807) is 20.8 Å². The largest absolute Gasteiger partial charge is 0.412 e. The summed E-state index contributed by atoms with van der Waals surface area (Å²) < 4.78 is 41.0. The molecule has 0 aliphatic carbocycles. The van der Waals surface area contributed by atoms with Crippen molar-refractivity contribution in [3.05, 3.63) is 11.7 Å². The maximum Gasteiger partial charge on any atom is 0.412 e. The zero-order valence-electron chi connectivity index (χ0n) is 9.00. The molecule has 0 spiro atoms. The number of alkyl halides is 3. The molecule has 2 N–H and O–H groups in total. The second-order valence-electron chi connectivity index (χ2n) is 4.23. The maximum atomic E-state index is 12.2. The third kappa shape index (κ3) is 3.34. The lowest BCUT2D eigenvalue weighted by molar-refractivity contribution is -0.154. The molecule has 4 nitrogen and oxygen atoms in total. The summed E-state index contributed by atoms with van der Waals surface area (Å²) >= 11 is 0. The second kappa shape index (κ2) is 4.58. The first-order valence-corrected chi connectivity index (χ1v) is 4.29. The lowest BCUT2D eigenvalue weighted by atomic mass is 9.96. The molecule has 1 aromatic rings. The van der Waals surface area contributed by atoms with Gasteiger partial charge in [0.1, 0.15) is 0 Å². The molecular weight excluding hydrogens is 247 g/mol. The van der Waals surface area contributed by atoms with Crippen LogP contribution < -0.4 is 5.73 Å². The lowest BCUT2D eigenvalue weighted by Crippen LogP contribution is -2.29. The number of nitrogens with two attached hydrogens (primary N) is 1. The van der Waals surface area contributed by atoms with Crippen LogP contribution in [0.25, 0.3) is 0 Å². The molecule has 94 valence electrons. The second-order valence-corrected chi connectivity index (χ2v) is 4.23. The molecular formula is C8H13ClF3N3O. The molecule has 0 amide bonds. The highest BCUT2D eigenvalue weighted by Crippen LogP contribution is 2.30. The monoisotopic (exact) mass is 259 g/mol. The summed E-state index contributed by atoms with van der Waals surface area (Å²) in [5, 5.41) is 3.46. The first kappa shape index (κ1) is 15.2. The highest BCUT2D eigenvalue weighted by Gasteiger charge is 2.42. The molecule has 0 aromatic carbocycles. The molecule has 16 heavy (non-hydrogen) atoms. The minimum Gasteiger partial charge on any atom is -0.337 e. The predicted octanol–water partition coefficient (Wildman–Crippen LogP) is 2.35. The van der Waals surface area contributed by atoms with E-state index in [-0.39, 0.29) is 18.2 Å². The summed E-state index contributed by atoms with van der Waals surface area (Å²) in [6, 6.07) is -2.22. The molecule has 1 atom stereocenters. The number of rotatable bonds is 1. The van der Waals surface area contributed by atoms with Crippen molar-refractivity contribution in [1.82, 2.24) is 10.1 Å². The fourth-order valence-corrected chi connectivity index (χ4v) is 0.806. The number of nitrogens with zero attached hydrogens (tertiary/aromatic N) is 2. The summed E-state index contributed by atoms with van der Waals surface area (Å²) in [6.07, 6.45) is -4.57. The van der Waals surface area contributed by atoms with Gasteiger partial charge in [-0.3, -0.25) is 0 Å². The molecule has 0 saturated carbocycles. The minimum absolute atomic E-state index is 0. The van der Waals surface area contributed by atoms with Crippen LogP contribution >= 0.6 is 12.4 Å². The van der Waals surface area contributed by atoms with E-state index in [9.17, 15) is 13.2 Å². The molecule has 0 aliphatic heterocycles. The van der Waals surface area contributed by atoms with Crippen molar-refractivity contribution < 1.29 is 17.7 Å². The van der Waals surface area contributed by atoms with Crippen LogP contribution in [0.4, 0.5) is 13.2 Å². The topological polar surface area (TPSA) is 64.9 Å². The number of halogens is 4. The van der Waals surface area contributed by atoms with Gasteiger partial charge in [0.2, 0.25) is 0 Å². The molecule has 8 heteroatoms. The fourth-order valence-electron chi connectivity index (χ4n) is 0.806. The van der Waals surface area contributed by atoms with Gasteiger partial charge in [0.25, 0.3) is 5.89 Å². The molecule has 1 rings (SSSR count). The molecule has 0 radical (unpaired) electrons. The summed E-state index contributed by atoms with van der Waals surface area (Å²) in [5.41, 5.74) is 4.44. The van der Waals surface area contributed by atoms with E-state index in [4.69, 9.17) is 5.73 Å². The summed E-state index contributed by atoms with van der Waals surface area (Å²) in [4.78, 5) is 3.63. The Bertz CT molecular complexity index is 345. The van der Waals surface area contributed by atoms with Crippen molar-refractivity contribution in [2.45, 2.75) is 38.4 Å². The van der Waals surface area contributed by atoms with Crippen molar-refractivity contribution >= 4 is 12.4 Å². The van der Waals surface area contributed by atoms with Crippen LogP contribution in [0.5, 0.6) is 0 Å². The van der Waals surface area contributed by atoms with Crippen molar-refractivity contribution in [2.75, 3.05) is 0 Å². The van der Waals surface area contributed by atoms with E-state index >= 15 is 0 Å². The van der Waals surface area contributed by atoms with Gasteiger partial charge in [-0.05, 0) is 0 Å². The van der Waals surface area contributed by atoms with Gasteiger partial charge in [-0.25, -0.2) is 0 Å². The Kier molecular flexibility index (Phi) is 4.35. The molecule has 1 aromatic heterocycles. The van der Waals surface area contributed by atoms with Gasteiger partial charge in [0.15, 0.2) is 11.9 Å². The third-order valence-electron chi connectivity index (χ3n) is 1.73. The Balaban J connectivity index is 0.00000225. The van der Waals surface area contributed by atoms with E-state index in [1.807, 2.05) is 0 Å². The van der Waals surface area contributed by atoms with E-state index < -0.39 is 23.5 Å². The van der Waals surface area contributed by atoms with E-state index in [0.29, 0.717) is 0 Å². The number of hydrogen-bond donors (Lipinski definition) is 1. The van der Waals surface area contributed by atoms with Gasteiger partial charge in [-0.1, -0.05) is 25.9 Å². The first-order valence-electron chi connectivity index (χ1n) is 4.29. The Morgan fingerprint density at radius 2 is 1.75 bits per heavy atom. The molecule has 0 saturated heterocycles. The van der Waals surface area contributed by atoms with Gasteiger partial charge < -0.3 is 10.3 Å². The summed E-state index contributed by atoms with van der Waals surface area (Å²) in [5.74, 6) is -0.398. The third-order valence-corrected chi connectivity index (χ3v) is 1.73. The smallest absolute Gasteiger partial charge is 0.337 e. The minimum atomic E-state index is -4.57. The van der Waals surface area contributed by atoms with Crippen molar-refractivity contribution in [3.8, 4) is 0 Å². The highest BCUT2D eigenvalue weighted by atomic mass is 35.5. The van der Waals surface area contributed by atoms with Crippen molar-refractivity contribution in [2.24, 2.45) is 5.73 Å². The Hall–Kier alpha value is -0.820. The van der Waals surface area contributed by atoms with Crippen LogP contribution in [0.15, 0.2) is 4.52 Å². The SMILES string of the molecule is CC(C)(C)c1noc(C(N)C(F)(F)F)n1.Cl. The van der Waals surface area contributed by atoms with Crippen LogP contribution in [0, 0.1) is 0 Å². The number of hydrogen-bond acceptors (Lipinski definition) is 4. The Morgan fingerprint density at radius 3 is 2.06 bits per heavy atom. The average molecular weight is 260 g/mol. The van der Waals surface area contributed by atoms with E-state index in [0.717, 1.165) is 0 Å². The molecule has 1 unspecified atom stereocenters. The normalized spacial score (nSPS) is 14.4. The van der Waals surface area contributed by atoms with Gasteiger partial charge in [-0.15, -0.1) is 12.4 Å². The maximum absolute atomic E-state index is 12.2. The van der Waals surface area contributed by atoms with Crippen LogP contribution in [0.1, 0.15) is 38.5 Å². The number of aromatic nitrogens is 2. The predicted molar refractivity (Wildman–Crippen MR) is 53.2 cm³/mol. The van der Waals surface area contributed by atoms with Gasteiger partial charge >= 0.3 is 6.18 Å². The zero-order valence-corrected chi connectivity index (χ0v) is 9.82. The quantitative estimate of drug-likeness (QED) is 0.841. The standard InChI is InChI=1S/C8H12F3N3O.ClH/c1-7(2,3)6-13-5(15-14-6)4(12)8(9,10)11;/h4H,12H2,1-3H3;1H. The van der Waals surface area contributed by atoms with Crippen LogP contribution in [-0.4, -0.2) is 16.3 Å². The average Bonchev–Trinajstić information content (AvgIpc) is 2.47. The highest BCUT2D eigenvalue weighted by molar-refractivity contribution is 5.85. The summed E-state index contributed by atoms with van der Waals surface area (Å²) in [6.45, 7) is 5.29. The van der Waals surface area contributed by atoms with E-state index in [1.165, 1.54) is 0 Å². The van der Waals surface area contributed by atoms with E-state index in [2.05, 4.69) is 14.7 Å². The van der Waals surface area contributed by atoms with Crippen molar-refractivity contribution in [1.29, 1.82) is 0 Å². The van der Waals surface area contributed by atoms with Crippen LogP contribution in [0.2, 0.25) is 0 Å². The van der Waals surface area contributed by atoms with Crippen LogP contribution in [0.3, 0.4) is 0 Å². The Labute approximate surface area is 96.8 Å². The molecule has 0 bridgehead atoms. The van der Waals surface area contributed by atoms with Gasteiger partial charge in [-0.2, -0.15) is 18.2 Å². The fraction of sp³-hybridized carbons (Fsp3) is 0.750. The van der Waals surface area contributed by atoms with Gasteiger partial charge in [0, 0.05) is 5.41 Å². The van der Waals surface area contributed by atoms with Gasteiger partial charge in [0.05, 0.1) is 0 Å². The molecule has 0 aliphatic rings. The van der Waals surface area contributed by atoms with Crippen LogP contribution in [-0.2, 0) is 5.41 Å². The van der Waals surface area contributed by atoms with Crippen molar-refractivity contribution in [3.63, 3.8) is 0 Å². The zero-order chi connectivity index (χ0) is 11.9. The molecule has 1 heterocycles. The molecule has 0 fully saturated rings. The summed E-state index contributed by atoms with van der Waals surface area (Å²) in [7, 11) is 0.